The second-order valence-corrected chi connectivity index (χ2v) is 4.47. The van der Waals surface area contributed by atoms with Gasteiger partial charge in [-0.2, -0.15) is 4.98 Å². The fourth-order valence-electron chi connectivity index (χ4n) is 1.94. The number of nitrogens with two attached hydrogens (primary N) is 1. The van der Waals surface area contributed by atoms with Crippen LogP contribution in [0, 0.1) is 12.7 Å². The van der Waals surface area contributed by atoms with Crippen LogP contribution < -0.4 is 5.73 Å². The van der Waals surface area contributed by atoms with Crippen LogP contribution in [-0.4, -0.2) is 10.1 Å². The summed E-state index contributed by atoms with van der Waals surface area (Å²) >= 11 is 0. The summed E-state index contributed by atoms with van der Waals surface area (Å²) in [6, 6.07) is 11.6. The Morgan fingerprint density at radius 3 is 2.75 bits per heavy atom. The number of para-hydroxylation sites is 1. The first-order valence-corrected chi connectivity index (χ1v) is 6.10. The van der Waals surface area contributed by atoms with E-state index in [1.54, 1.807) is 12.1 Å². The number of aromatic nitrogens is 2. The molecular formula is C15H12FN3O. The highest BCUT2D eigenvalue weighted by Gasteiger charge is 2.14. The van der Waals surface area contributed by atoms with Crippen LogP contribution in [0.2, 0.25) is 0 Å². The molecule has 2 N–H and O–H groups in total. The average molecular weight is 269 g/mol. The molecule has 0 radical (unpaired) electrons. The third-order valence-electron chi connectivity index (χ3n) is 3.06. The van der Waals surface area contributed by atoms with E-state index in [4.69, 9.17) is 10.3 Å². The van der Waals surface area contributed by atoms with Crippen molar-refractivity contribution in [1.29, 1.82) is 0 Å². The minimum atomic E-state index is -0.344. The van der Waals surface area contributed by atoms with Gasteiger partial charge in [-0.15, -0.1) is 0 Å². The largest absolute Gasteiger partial charge is 0.398 e. The summed E-state index contributed by atoms with van der Waals surface area (Å²) in [5.41, 5.74) is 8.78. The van der Waals surface area contributed by atoms with Crippen LogP contribution in [0.1, 0.15) is 5.56 Å². The topological polar surface area (TPSA) is 64.9 Å². The lowest BCUT2D eigenvalue weighted by molar-refractivity contribution is 0.432. The zero-order valence-corrected chi connectivity index (χ0v) is 10.8. The molecule has 3 rings (SSSR count). The van der Waals surface area contributed by atoms with Crippen molar-refractivity contribution in [3.05, 3.63) is 53.8 Å². The molecule has 0 unspecified atom stereocenters. The van der Waals surface area contributed by atoms with Gasteiger partial charge in [-0.3, -0.25) is 0 Å². The maximum atomic E-state index is 13.2. The van der Waals surface area contributed by atoms with E-state index in [0.29, 0.717) is 28.5 Å². The smallest absolute Gasteiger partial charge is 0.260 e. The Bertz CT molecular complexity index is 767. The summed E-state index contributed by atoms with van der Waals surface area (Å²) in [5.74, 6) is 0.315. The molecular weight excluding hydrogens is 257 g/mol. The molecule has 2 aromatic carbocycles. The van der Waals surface area contributed by atoms with Crippen LogP contribution in [0.15, 0.2) is 47.0 Å². The summed E-state index contributed by atoms with van der Waals surface area (Å²) in [6.07, 6.45) is 0. The Morgan fingerprint density at radius 1 is 1.15 bits per heavy atom. The highest BCUT2D eigenvalue weighted by molar-refractivity contribution is 5.74. The standard InChI is InChI=1S/C15H12FN3O/c1-9-4-2-7-12(13(9)17)15-18-14(19-20-15)10-5-3-6-11(16)8-10/h2-8H,17H2,1H3. The van der Waals surface area contributed by atoms with Gasteiger partial charge in [0.25, 0.3) is 5.89 Å². The van der Waals surface area contributed by atoms with Crippen LogP contribution in [0.5, 0.6) is 0 Å². The predicted octanol–water partition coefficient (Wildman–Crippen LogP) is 3.43. The third-order valence-corrected chi connectivity index (χ3v) is 3.06. The summed E-state index contributed by atoms with van der Waals surface area (Å²) in [5, 5.41) is 3.87. The van der Waals surface area contributed by atoms with Gasteiger partial charge in [0.05, 0.1) is 5.56 Å². The molecule has 0 spiro atoms. The second kappa shape index (κ2) is 4.77. The lowest BCUT2D eigenvalue weighted by Gasteiger charge is -2.03. The molecule has 0 bridgehead atoms. The Hall–Kier alpha value is -2.69. The number of benzene rings is 2. The summed E-state index contributed by atoms with van der Waals surface area (Å²) in [7, 11) is 0. The molecule has 0 atom stereocenters. The number of anilines is 1. The van der Waals surface area contributed by atoms with Gasteiger partial charge in [-0.1, -0.05) is 29.4 Å². The van der Waals surface area contributed by atoms with E-state index in [1.165, 1.54) is 12.1 Å². The molecule has 4 nitrogen and oxygen atoms in total. The van der Waals surface area contributed by atoms with E-state index < -0.39 is 0 Å². The molecule has 0 fully saturated rings. The Morgan fingerprint density at radius 2 is 1.95 bits per heavy atom. The molecule has 3 aromatic rings. The molecule has 5 heteroatoms. The van der Waals surface area contributed by atoms with Gasteiger partial charge >= 0.3 is 0 Å². The van der Waals surface area contributed by atoms with Crippen LogP contribution in [0.4, 0.5) is 10.1 Å². The second-order valence-electron chi connectivity index (χ2n) is 4.47. The molecule has 0 saturated heterocycles. The Balaban J connectivity index is 2.04. The summed E-state index contributed by atoms with van der Waals surface area (Å²) in [4.78, 5) is 4.27. The van der Waals surface area contributed by atoms with Crippen LogP contribution >= 0.6 is 0 Å². The summed E-state index contributed by atoms with van der Waals surface area (Å²) in [6.45, 7) is 1.91. The van der Waals surface area contributed by atoms with E-state index in [2.05, 4.69) is 10.1 Å². The molecule has 1 aromatic heterocycles. The molecule has 0 aliphatic heterocycles. The quantitative estimate of drug-likeness (QED) is 0.724. The zero-order chi connectivity index (χ0) is 14.1. The van der Waals surface area contributed by atoms with Crippen molar-refractivity contribution in [3.8, 4) is 22.8 Å². The fourth-order valence-corrected chi connectivity index (χ4v) is 1.94. The van der Waals surface area contributed by atoms with E-state index in [-0.39, 0.29) is 5.82 Å². The van der Waals surface area contributed by atoms with E-state index in [1.807, 2.05) is 25.1 Å². The van der Waals surface area contributed by atoms with Crippen LogP contribution in [-0.2, 0) is 0 Å². The lowest BCUT2D eigenvalue weighted by atomic mass is 10.1. The Labute approximate surface area is 115 Å². The fraction of sp³-hybridized carbons (Fsp3) is 0.0667. The van der Waals surface area contributed by atoms with Gasteiger partial charge in [0, 0.05) is 11.3 Å². The zero-order valence-electron chi connectivity index (χ0n) is 10.8. The van der Waals surface area contributed by atoms with Gasteiger partial charge in [0.2, 0.25) is 5.82 Å². The highest BCUT2D eigenvalue weighted by atomic mass is 19.1. The van der Waals surface area contributed by atoms with Crippen molar-refractivity contribution in [3.63, 3.8) is 0 Å². The van der Waals surface area contributed by atoms with E-state index >= 15 is 0 Å². The minimum Gasteiger partial charge on any atom is -0.398 e. The van der Waals surface area contributed by atoms with Crippen molar-refractivity contribution in [2.75, 3.05) is 5.73 Å². The summed E-state index contributed by atoms with van der Waals surface area (Å²) < 4.78 is 18.4. The number of halogens is 1. The first-order valence-electron chi connectivity index (χ1n) is 6.10. The molecule has 0 amide bonds. The predicted molar refractivity (Wildman–Crippen MR) is 74.3 cm³/mol. The molecule has 0 saturated carbocycles. The van der Waals surface area contributed by atoms with Gasteiger partial charge in [-0.25, -0.2) is 4.39 Å². The number of nitrogens with zero attached hydrogens (tertiary/aromatic N) is 2. The number of rotatable bonds is 2. The van der Waals surface area contributed by atoms with Crippen molar-refractivity contribution < 1.29 is 8.91 Å². The average Bonchev–Trinajstić information content (AvgIpc) is 2.91. The third kappa shape index (κ3) is 2.14. The van der Waals surface area contributed by atoms with Crippen molar-refractivity contribution in [2.24, 2.45) is 0 Å². The number of nitrogen functional groups attached to an aromatic ring is 1. The lowest BCUT2D eigenvalue weighted by Crippen LogP contribution is -1.93. The molecule has 0 aliphatic rings. The van der Waals surface area contributed by atoms with E-state index in [9.17, 15) is 4.39 Å². The Kier molecular flexibility index (Phi) is 2.95. The van der Waals surface area contributed by atoms with Crippen LogP contribution in [0.25, 0.3) is 22.8 Å². The first-order chi connectivity index (χ1) is 9.65. The minimum absolute atomic E-state index is 0.325. The number of aryl methyl sites for hydroxylation is 1. The van der Waals surface area contributed by atoms with Crippen molar-refractivity contribution in [2.45, 2.75) is 6.92 Å². The maximum Gasteiger partial charge on any atom is 0.260 e. The number of hydrogen-bond acceptors (Lipinski definition) is 4. The maximum absolute atomic E-state index is 13.2. The highest BCUT2D eigenvalue weighted by Crippen LogP contribution is 2.28. The van der Waals surface area contributed by atoms with E-state index in [0.717, 1.165) is 5.56 Å². The van der Waals surface area contributed by atoms with Crippen molar-refractivity contribution >= 4 is 5.69 Å². The monoisotopic (exact) mass is 269 g/mol. The molecule has 0 aliphatic carbocycles. The van der Waals surface area contributed by atoms with Gasteiger partial charge < -0.3 is 10.3 Å². The number of hydrogen-bond donors (Lipinski definition) is 1. The molecule has 100 valence electrons. The molecule has 1 heterocycles. The SMILES string of the molecule is Cc1cccc(-c2nc(-c3cccc(F)c3)no2)c1N. The van der Waals surface area contributed by atoms with Crippen LogP contribution in [0.3, 0.4) is 0 Å². The first kappa shape index (κ1) is 12.3. The van der Waals surface area contributed by atoms with Crippen molar-refractivity contribution in [1.82, 2.24) is 10.1 Å². The van der Waals surface area contributed by atoms with Gasteiger partial charge in [0.1, 0.15) is 5.82 Å². The molecule has 20 heavy (non-hydrogen) atoms. The van der Waals surface area contributed by atoms with Gasteiger partial charge in [0.15, 0.2) is 0 Å². The normalized spacial score (nSPS) is 10.7. The van der Waals surface area contributed by atoms with Gasteiger partial charge in [-0.05, 0) is 30.7 Å².